The summed E-state index contributed by atoms with van der Waals surface area (Å²) >= 11 is 1.69. The number of halogens is 2. The fourth-order valence-electron chi connectivity index (χ4n) is 4.95. The molecule has 1 nitrogen and oxygen atoms in total. The van der Waals surface area contributed by atoms with Gasteiger partial charge in [0.1, 0.15) is 0 Å². The molecule has 6 rings (SSSR count). The van der Waals surface area contributed by atoms with Gasteiger partial charge in [-0.15, -0.1) is 45.8 Å². The Morgan fingerprint density at radius 1 is 0.775 bits per heavy atom. The Labute approximate surface area is 269 Å². The zero-order valence-electron chi connectivity index (χ0n) is 24.8. The Bertz CT molecular complexity index is 1360. The average molecular weight is 653 g/mol. The maximum atomic E-state index is 4.93. The molecule has 0 spiro atoms. The molecular weight excluding hydrogens is 611 g/mol. The van der Waals surface area contributed by atoms with Crippen LogP contribution in [0.15, 0.2) is 77.6 Å². The summed E-state index contributed by atoms with van der Waals surface area (Å²) in [6.07, 6.45) is 19.0. The van der Waals surface area contributed by atoms with E-state index < -0.39 is 0 Å². The second kappa shape index (κ2) is 15.0. The Hall–Kier alpha value is -1.60. The van der Waals surface area contributed by atoms with Gasteiger partial charge >= 0.3 is 59.5 Å². The summed E-state index contributed by atoms with van der Waals surface area (Å²) < 4.78 is 6.74. The first-order valence-corrected chi connectivity index (χ1v) is 15.3. The fraction of sp³-hybridized carbons (Fsp3) is 0.389. The summed E-state index contributed by atoms with van der Waals surface area (Å²) in [5.41, 5.74) is 5.48. The van der Waals surface area contributed by atoms with Gasteiger partial charge in [-0.2, -0.15) is 17.7 Å². The molecule has 2 aliphatic carbocycles. The van der Waals surface area contributed by atoms with Gasteiger partial charge in [0.2, 0.25) is 0 Å². The van der Waals surface area contributed by atoms with E-state index in [0.29, 0.717) is 0 Å². The van der Waals surface area contributed by atoms with E-state index in [-0.39, 0.29) is 35.6 Å². The number of hydrogen-bond donors (Lipinski definition) is 0. The minimum atomic E-state index is 0. The number of rotatable bonds is 1. The van der Waals surface area contributed by atoms with E-state index >= 15 is 0 Å². The number of fused-ring (bicyclic) bond motifs is 3. The van der Waals surface area contributed by atoms with Crippen molar-refractivity contribution in [3.8, 4) is 0 Å². The van der Waals surface area contributed by atoms with Crippen molar-refractivity contribution < 1.29 is 53.5 Å². The van der Waals surface area contributed by atoms with E-state index in [9.17, 15) is 0 Å². The molecule has 1 saturated carbocycles. The number of allylic oxidation sites excluding steroid dienone is 4. The molecule has 1 heterocycles. The topological polar surface area (TPSA) is 13.1 Å². The summed E-state index contributed by atoms with van der Waals surface area (Å²) in [5, 5.41) is 5.48. The molecule has 3 aromatic carbocycles. The van der Waals surface area contributed by atoms with Crippen molar-refractivity contribution in [2.75, 3.05) is 0 Å². The minimum absolute atomic E-state index is 0. The molecule has 2 aliphatic rings. The van der Waals surface area contributed by atoms with Crippen LogP contribution in [-0.2, 0) is 35.1 Å². The summed E-state index contributed by atoms with van der Waals surface area (Å²) in [4.78, 5) is 0. The Morgan fingerprint density at radius 3 is 1.70 bits per heavy atom. The summed E-state index contributed by atoms with van der Waals surface area (Å²) in [6, 6.07) is 18.1. The van der Waals surface area contributed by atoms with Crippen molar-refractivity contribution in [2.24, 2.45) is 0 Å². The van der Waals surface area contributed by atoms with Gasteiger partial charge in [-0.1, -0.05) is 95.0 Å². The molecule has 0 N–H and O–H groups in total. The van der Waals surface area contributed by atoms with E-state index in [1.165, 1.54) is 64.8 Å². The molecule has 4 aromatic rings. The molecular formula is C36H42Cl2OZr-2. The molecule has 4 heteroatoms. The van der Waals surface area contributed by atoms with Gasteiger partial charge in [0, 0.05) is 6.26 Å². The van der Waals surface area contributed by atoms with E-state index in [4.69, 9.17) is 4.42 Å². The van der Waals surface area contributed by atoms with Gasteiger partial charge < -0.3 is 29.2 Å². The van der Waals surface area contributed by atoms with Gasteiger partial charge in [0.25, 0.3) is 0 Å². The quantitative estimate of drug-likeness (QED) is 0.278. The van der Waals surface area contributed by atoms with E-state index in [0.717, 1.165) is 17.6 Å². The zero-order chi connectivity index (χ0) is 27.3. The van der Waals surface area contributed by atoms with Gasteiger partial charge in [-0.05, 0) is 10.8 Å². The number of benzene rings is 2. The Balaban J connectivity index is 0.000000245. The Kier molecular flexibility index (Phi) is 13.0. The van der Waals surface area contributed by atoms with Gasteiger partial charge in [-0.3, -0.25) is 0 Å². The van der Waals surface area contributed by atoms with Crippen LogP contribution in [0.25, 0.3) is 27.1 Å². The van der Waals surface area contributed by atoms with Crippen molar-refractivity contribution in [3.63, 3.8) is 0 Å². The first-order valence-electron chi connectivity index (χ1n) is 14.0. The van der Waals surface area contributed by atoms with Gasteiger partial charge in [-0.25, -0.2) is 0 Å². The third-order valence-electron chi connectivity index (χ3n) is 7.42. The van der Waals surface area contributed by atoms with Crippen molar-refractivity contribution in [1.82, 2.24) is 0 Å². The molecule has 0 aliphatic heterocycles. The third kappa shape index (κ3) is 9.21. The van der Waals surface area contributed by atoms with Crippen molar-refractivity contribution >= 4 is 30.3 Å². The van der Waals surface area contributed by atoms with Crippen LogP contribution in [0.2, 0.25) is 0 Å². The molecule has 0 radical (unpaired) electrons. The summed E-state index contributed by atoms with van der Waals surface area (Å²) in [5.74, 6) is 0. The SMILES string of the molecule is CC(C)(C)c1ccc2c(c1)[cH-]c1cc(C(C)(C)C)ccc12.[C-]1=C(c2ccoc2)C=CC1.[Cl-].[Cl-].[Zr+2]=[C]1CCCCC1. The van der Waals surface area contributed by atoms with Gasteiger partial charge in [0.05, 0.1) is 6.26 Å². The maximum absolute atomic E-state index is 4.93. The van der Waals surface area contributed by atoms with Crippen LogP contribution in [-0.4, -0.2) is 3.21 Å². The van der Waals surface area contributed by atoms with Crippen LogP contribution in [0.3, 0.4) is 0 Å². The molecule has 0 amide bonds. The van der Waals surface area contributed by atoms with Gasteiger partial charge in [0.15, 0.2) is 0 Å². The summed E-state index contributed by atoms with van der Waals surface area (Å²) in [6.45, 7) is 13.6. The van der Waals surface area contributed by atoms with Crippen molar-refractivity contribution in [3.05, 3.63) is 96.0 Å². The van der Waals surface area contributed by atoms with E-state index in [2.05, 4.69) is 102 Å². The van der Waals surface area contributed by atoms with Crippen LogP contribution in [0, 0.1) is 6.08 Å². The van der Waals surface area contributed by atoms with Crippen LogP contribution in [0.1, 0.15) is 96.8 Å². The molecule has 1 aromatic heterocycles. The molecule has 0 bridgehead atoms. The van der Waals surface area contributed by atoms with Crippen LogP contribution in [0.5, 0.6) is 0 Å². The standard InChI is InChI=1S/C21H25.C9H7O.C6H10.2ClH.Zr/c1-20(2,3)16-7-9-18-14(12-16)11-15-13-17(21(4,5)6)8-10-19(15)18;1-2-4-8(3-1)9-5-6-10-7-9;1-2-4-6-5-3-1;;;/h7-13H,1-6H3;1,3,5-7H,2H2;1-5H2;2*1H;/q2*-1;;;;+2/p-2. The van der Waals surface area contributed by atoms with E-state index in [1.807, 2.05) is 6.07 Å². The molecule has 0 atom stereocenters. The molecule has 40 heavy (non-hydrogen) atoms. The predicted octanol–water partition coefficient (Wildman–Crippen LogP) is 4.41. The van der Waals surface area contributed by atoms with E-state index in [1.54, 1.807) is 40.0 Å². The van der Waals surface area contributed by atoms with Crippen LogP contribution >= 0.6 is 0 Å². The molecule has 1 fully saturated rings. The van der Waals surface area contributed by atoms with Crippen LogP contribution < -0.4 is 24.8 Å². The normalized spacial score (nSPS) is 14.9. The first kappa shape index (κ1) is 34.6. The van der Waals surface area contributed by atoms with Crippen LogP contribution in [0.4, 0.5) is 0 Å². The summed E-state index contributed by atoms with van der Waals surface area (Å²) in [7, 11) is 0. The van der Waals surface area contributed by atoms with Crippen molar-refractivity contribution in [2.45, 2.75) is 90.9 Å². The first-order chi connectivity index (χ1) is 18.0. The predicted molar refractivity (Wildman–Crippen MR) is 162 cm³/mol. The zero-order valence-corrected chi connectivity index (χ0v) is 28.8. The Morgan fingerprint density at radius 2 is 1.32 bits per heavy atom. The molecule has 0 unspecified atom stereocenters. The third-order valence-corrected chi connectivity index (χ3v) is 8.65. The second-order valence-corrected chi connectivity index (χ2v) is 14.4. The second-order valence-electron chi connectivity index (χ2n) is 12.6. The number of furan rings is 1. The average Bonchev–Trinajstić information content (AvgIpc) is 3.64. The number of hydrogen-bond acceptors (Lipinski definition) is 1. The monoisotopic (exact) mass is 650 g/mol. The molecule has 0 saturated heterocycles. The van der Waals surface area contributed by atoms with Crippen molar-refractivity contribution in [1.29, 1.82) is 0 Å². The fourth-order valence-corrected chi connectivity index (χ4v) is 5.82. The molecule has 212 valence electrons.